The predicted molar refractivity (Wildman–Crippen MR) is 97.6 cm³/mol. The van der Waals surface area contributed by atoms with E-state index in [1.165, 1.54) is 23.1 Å². The number of halogens is 2. The number of rotatable bonds is 5. The predicted octanol–water partition coefficient (Wildman–Crippen LogP) is 3.49. The van der Waals surface area contributed by atoms with E-state index in [4.69, 9.17) is 0 Å². The number of carbonyl (C=O) groups is 2. The third kappa shape index (κ3) is 3.33. The van der Waals surface area contributed by atoms with Crippen LogP contribution in [0.1, 0.15) is 45.6 Å². The van der Waals surface area contributed by atoms with Crippen LogP contribution in [0.4, 0.5) is 13.6 Å². The number of urea groups is 1. The van der Waals surface area contributed by atoms with E-state index in [2.05, 4.69) is 5.32 Å². The van der Waals surface area contributed by atoms with E-state index in [9.17, 15) is 18.4 Å². The number of hydrogen-bond acceptors (Lipinski definition) is 3. The second-order valence-corrected chi connectivity index (χ2v) is 7.75. The van der Waals surface area contributed by atoms with Gasteiger partial charge in [-0.25, -0.2) is 18.5 Å². The van der Waals surface area contributed by atoms with E-state index in [1.807, 2.05) is 20.8 Å². The largest absolute Gasteiger partial charge is 0.326 e. The summed E-state index contributed by atoms with van der Waals surface area (Å²) in [7, 11) is 0. The molecule has 27 heavy (non-hydrogen) atoms. The van der Waals surface area contributed by atoms with Crippen molar-refractivity contribution in [2.24, 2.45) is 11.8 Å². The van der Waals surface area contributed by atoms with Gasteiger partial charge < -0.3 is 5.32 Å². The van der Waals surface area contributed by atoms with Crippen LogP contribution in [0.2, 0.25) is 0 Å². The fourth-order valence-corrected chi connectivity index (χ4v) is 4.45. The average molecular weight is 379 g/mol. The van der Waals surface area contributed by atoms with Crippen molar-refractivity contribution < 1.29 is 18.4 Å². The Morgan fingerprint density at radius 2 is 1.78 bits per heavy atom. The first kappa shape index (κ1) is 19.7. The second-order valence-electron chi connectivity index (χ2n) is 7.75. The van der Waals surface area contributed by atoms with Crippen LogP contribution in [0, 0.1) is 23.5 Å². The number of carbonyl (C=O) groups excluding carboxylic acids is 2. The van der Waals surface area contributed by atoms with Crippen LogP contribution in [0.3, 0.4) is 0 Å². The van der Waals surface area contributed by atoms with Crippen molar-refractivity contribution in [2.75, 3.05) is 13.2 Å². The van der Waals surface area contributed by atoms with Gasteiger partial charge in [-0.1, -0.05) is 33.3 Å². The van der Waals surface area contributed by atoms with Crippen LogP contribution in [-0.4, -0.2) is 40.5 Å². The molecule has 0 bridgehead atoms. The first-order chi connectivity index (χ1) is 12.8. The zero-order valence-electron chi connectivity index (χ0n) is 16.1. The molecule has 1 aliphatic carbocycles. The van der Waals surface area contributed by atoms with Gasteiger partial charge in [0, 0.05) is 12.1 Å². The highest BCUT2D eigenvalue weighted by Gasteiger charge is 2.58. The van der Waals surface area contributed by atoms with Crippen molar-refractivity contribution in [3.8, 4) is 0 Å². The Kier molecular flexibility index (Phi) is 5.51. The first-order valence-corrected chi connectivity index (χ1v) is 9.60. The van der Waals surface area contributed by atoms with E-state index < -0.39 is 23.2 Å². The van der Waals surface area contributed by atoms with Crippen molar-refractivity contribution in [2.45, 2.75) is 52.1 Å². The fraction of sp³-hybridized carbons (Fsp3) is 0.600. The van der Waals surface area contributed by atoms with Crippen LogP contribution in [0.5, 0.6) is 0 Å². The molecule has 2 aliphatic rings. The molecule has 0 radical (unpaired) electrons. The van der Waals surface area contributed by atoms with E-state index in [0.29, 0.717) is 6.54 Å². The summed E-state index contributed by atoms with van der Waals surface area (Å²) in [5.74, 6) is -1.36. The molecule has 1 aromatic carbocycles. The molecule has 1 aromatic rings. The molecule has 1 spiro atoms. The van der Waals surface area contributed by atoms with Gasteiger partial charge in [-0.15, -0.1) is 0 Å². The minimum atomic E-state index is -0.863. The fourth-order valence-electron chi connectivity index (χ4n) is 4.45. The van der Waals surface area contributed by atoms with Crippen molar-refractivity contribution in [3.05, 3.63) is 35.4 Å². The molecule has 148 valence electrons. The van der Waals surface area contributed by atoms with Gasteiger partial charge in [-0.3, -0.25) is 9.69 Å². The van der Waals surface area contributed by atoms with Crippen molar-refractivity contribution in [1.82, 2.24) is 15.1 Å². The summed E-state index contributed by atoms with van der Waals surface area (Å²) >= 11 is 0. The van der Waals surface area contributed by atoms with Gasteiger partial charge in [0.05, 0.1) is 6.67 Å². The number of hydrogen-bond donors (Lipinski definition) is 1. The van der Waals surface area contributed by atoms with Crippen molar-refractivity contribution >= 4 is 11.9 Å². The summed E-state index contributed by atoms with van der Waals surface area (Å²) < 4.78 is 28.0. The molecule has 5 nitrogen and oxygen atoms in total. The number of imide groups is 1. The molecule has 0 aromatic heterocycles. The van der Waals surface area contributed by atoms with Crippen molar-refractivity contribution in [3.63, 3.8) is 0 Å². The molecule has 2 atom stereocenters. The smallest absolute Gasteiger partial charge is 0.323 e. The summed E-state index contributed by atoms with van der Waals surface area (Å²) in [5.41, 5.74) is -0.918. The lowest BCUT2D eigenvalue weighted by atomic mass is 9.67. The highest BCUT2D eigenvalue weighted by Crippen LogP contribution is 2.42. The Labute approximate surface area is 158 Å². The van der Waals surface area contributed by atoms with Gasteiger partial charge in [0.2, 0.25) is 0 Å². The Bertz CT molecular complexity index is 710. The number of benzene rings is 1. The molecular weight excluding hydrogens is 352 g/mol. The maximum atomic E-state index is 14.0. The Hall–Kier alpha value is -2.02. The maximum Gasteiger partial charge on any atom is 0.326 e. The van der Waals surface area contributed by atoms with Crippen LogP contribution in [0.25, 0.3) is 0 Å². The van der Waals surface area contributed by atoms with Gasteiger partial charge >= 0.3 is 6.03 Å². The third-order valence-corrected chi connectivity index (χ3v) is 6.22. The zero-order valence-corrected chi connectivity index (χ0v) is 16.1. The number of nitrogens with zero attached hydrogens (tertiary/aromatic N) is 2. The van der Waals surface area contributed by atoms with Crippen LogP contribution in [0.15, 0.2) is 18.2 Å². The normalized spacial score (nSPS) is 28.3. The molecule has 1 saturated heterocycles. The van der Waals surface area contributed by atoms with Gasteiger partial charge in [-0.05, 0) is 43.4 Å². The quantitative estimate of drug-likeness (QED) is 0.797. The van der Waals surface area contributed by atoms with Gasteiger partial charge in [-0.2, -0.15) is 0 Å². The summed E-state index contributed by atoms with van der Waals surface area (Å²) in [4.78, 5) is 28.7. The summed E-state index contributed by atoms with van der Waals surface area (Å²) in [6, 6.07) is 3.31. The zero-order chi connectivity index (χ0) is 19.8. The lowest BCUT2D eigenvalue weighted by Gasteiger charge is -2.42. The Morgan fingerprint density at radius 3 is 2.33 bits per heavy atom. The van der Waals surface area contributed by atoms with E-state index in [-0.39, 0.29) is 36.5 Å². The number of nitrogens with one attached hydrogen (secondary N) is 1. The maximum absolute atomic E-state index is 14.0. The SMILES string of the molecule is CCN(Cc1c(F)cccc1F)CN1C(=O)NC2(C1=O)C(C)CCCC2C. The Balaban J connectivity index is 1.79. The third-order valence-electron chi connectivity index (χ3n) is 6.22. The van der Waals surface area contributed by atoms with Crippen molar-refractivity contribution in [1.29, 1.82) is 0 Å². The summed E-state index contributed by atoms with van der Waals surface area (Å²) in [5, 5.41) is 2.95. The average Bonchev–Trinajstić information content (AvgIpc) is 2.87. The van der Waals surface area contributed by atoms with Gasteiger partial charge in [0.25, 0.3) is 5.91 Å². The van der Waals surface area contributed by atoms with E-state index >= 15 is 0 Å². The molecule has 1 heterocycles. The molecule has 1 N–H and O–H groups in total. The highest BCUT2D eigenvalue weighted by molar-refractivity contribution is 6.07. The van der Waals surface area contributed by atoms with Crippen LogP contribution in [-0.2, 0) is 11.3 Å². The molecule has 1 aliphatic heterocycles. The topological polar surface area (TPSA) is 52.6 Å². The molecule has 3 rings (SSSR count). The van der Waals surface area contributed by atoms with Crippen LogP contribution >= 0.6 is 0 Å². The molecule has 2 unspecified atom stereocenters. The molecule has 1 saturated carbocycles. The monoisotopic (exact) mass is 379 g/mol. The molecule has 7 heteroatoms. The minimum absolute atomic E-state index is 0.00975. The van der Waals surface area contributed by atoms with Crippen LogP contribution < -0.4 is 5.32 Å². The molecule has 2 fully saturated rings. The number of amides is 3. The summed E-state index contributed by atoms with van der Waals surface area (Å²) in [6.07, 6.45) is 2.82. The lowest BCUT2D eigenvalue weighted by Crippen LogP contribution is -2.59. The van der Waals surface area contributed by atoms with E-state index in [0.717, 1.165) is 19.3 Å². The molecular formula is C20H27F2N3O2. The lowest BCUT2D eigenvalue weighted by molar-refractivity contribution is -0.138. The second kappa shape index (κ2) is 7.54. The van der Waals surface area contributed by atoms with Gasteiger partial charge in [0.1, 0.15) is 17.2 Å². The highest BCUT2D eigenvalue weighted by atomic mass is 19.1. The minimum Gasteiger partial charge on any atom is -0.323 e. The standard InChI is InChI=1S/C20H27F2N3O2/c1-4-24(11-15-16(21)9-6-10-17(15)22)12-25-18(26)20(23-19(25)27)13(2)7-5-8-14(20)3/h6,9-10,13-14H,4-5,7-8,11-12H2,1-3H3,(H,23,27). The van der Waals surface area contributed by atoms with Gasteiger partial charge in [0.15, 0.2) is 0 Å². The van der Waals surface area contributed by atoms with E-state index in [1.54, 1.807) is 4.90 Å². The Morgan fingerprint density at radius 1 is 1.19 bits per heavy atom. The summed E-state index contributed by atoms with van der Waals surface area (Å²) in [6.45, 7) is 6.29. The molecule has 3 amide bonds. The first-order valence-electron chi connectivity index (χ1n) is 9.60.